The number of amides is 1. The van der Waals surface area contributed by atoms with Gasteiger partial charge in [0.1, 0.15) is 5.75 Å². The van der Waals surface area contributed by atoms with Crippen LogP contribution in [0.3, 0.4) is 0 Å². The van der Waals surface area contributed by atoms with E-state index in [1.165, 1.54) is 0 Å². The molecular formula is C24H30N4O2. The Hall–Kier alpha value is -2.88. The minimum atomic E-state index is -0.117. The summed E-state index contributed by atoms with van der Waals surface area (Å²) >= 11 is 0. The van der Waals surface area contributed by atoms with E-state index in [0.29, 0.717) is 12.2 Å². The van der Waals surface area contributed by atoms with Gasteiger partial charge in [-0.05, 0) is 55.8 Å². The topological polar surface area (TPSA) is 68.6 Å². The predicted octanol–water partition coefficient (Wildman–Crippen LogP) is 2.75. The first-order valence-electron chi connectivity index (χ1n) is 10.5. The number of hydrogen-bond acceptors (Lipinski definition) is 5. The van der Waals surface area contributed by atoms with Crippen LogP contribution in [0.25, 0.3) is 11.1 Å². The van der Waals surface area contributed by atoms with Crippen molar-refractivity contribution in [3.63, 3.8) is 0 Å². The lowest BCUT2D eigenvalue weighted by Crippen LogP contribution is -2.53. The maximum absolute atomic E-state index is 12.2. The zero-order valence-corrected chi connectivity index (χ0v) is 17.8. The molecule has 6 heteroatoms. The highest BCUT2D eigenvalue weighted by Gasteiger charge is 2.23. The number of nitriles is 1. The number of nitrogens with zero attached hydrogens (tertiary/aromatic N) is 3. The van der Waals surface area contributed by atoms with Crippen molar-refractivity contribution in [2.24, 2.45) is 0 Å². The van der Waals surface area contributed by atoms with E-state index in [2.05, 4.69) is 16.3 Å². The van der Waals surface area contributed by atoms with E-state index >= 15 is 0 Å². The molecule has 0 aliphatic carbocycles. The molecule has 1 aliphatic heterocycles. The van der Waals surface area contributed by atoms with Gasteiger partial charge in [-0.3, -0.25) is 9.69 Å². The Morgan fingerprint density at radius 3 is 2.23 bits per heavy atom. The number of piperazine rings is 1. The molecule has 30 heavy (non-hydrogen) atoms. The summed E-state index contributed by atoms with van der Waals surface area (Å²) in [5.41, 5.74) is 2.85. The summed E-state index contributed by atoms with van der Waals surface area (Å²) in [7, 11) is 1.82. The van der Waals surface area contributed by atoms with Gasteiger partial charge in [0.2, 0.25) is 5.91 Å². The van der Waals surface area contributed by atoms with Crippen molar-refractivity contribution in [1.82, 2.24) is 15.1 Å². The number of hydrogen-bond donors (Lipinski definition) is 1. The Kier molecular flexibility index (Phi) is 7.83. The number of carbonyl (C=O) groups is 1. The van der Waals surface area contributed by atoms with Crippen LogP contribution in [0.2, 0.25) is 0 Å². The Bertz CT molecular complexity index is 850. The van der Waals surface area contributed by atoms with Crippen molar-refractivity contribution in [2.75, 3.05) is 46.4 Å². The molecule has 3 rings (SSSR count). The van der Waals surface area contributed by atoms with Crippen LogP contribution in [0.15, 0.2) is 48.5 Å². The van der Waals surface area contributed by atoms with E-state index in [0.717, 1.165) is 56.0 Å². The van der Waals surface area contributed by atoms with Crippen LogP contribution < -0.4 is 10.1 Å². The number of nitrogens with one attached hydrogen (secondary N) is 1. The molecular weight excluding hydrogens is 376 g/mol. The molecule has 0 radical (unpaired) electrons. The monoisotopic (exact) mass is 406 g/mol. The largest absolute Gasteiger partial charge is 0.494 e. The average molecular weight is 407 g/mol. The van der Waals surface area contributed by atoms with Gasteiger partial charge in [0.25, 0.3) is 0 Å². The first-order chi connectivity index (χ1) is 14.6. The average Bonchev–Trinajstić information content (AvgIpc) is 2.81. The van der Waals surface area contributed by atoms with Crippen LogP contribution in [0, 0.1) is 11.3 Å². The molecule has 1 fully saturated rings. The Balaban J connectivity index is 1.37. The molecule has 1 heterocycles. The molecule has 1 saturated heterocycles. The lowest BCUT2D eigenvalue weighted by atomic mass is 10.0. The summed E-state index contributed by atoms with van der Waals surface area (Å²) in [5, 5.41) is 11.9. The fourth-order valence-corrected chi connectivity index (χ4v) is 3.55. The molecule has 0 aromatic heterocycles. The summed E-state index contributed by atoms with van der Waals surface area (Å²) in [6.45, 7) is 6.98. The predicted molar refractivity (Wildman–Crippen MR) is 118 cm³/mol. The maximum Gasteiger partial charge on any atom is 0.239 e. The first kappa shape index (κ1) is 21.8. The van der Waals surface area contributed by atoms with E-state index in [1.807, 2.05) is 67.4 Å². The number of benzene rings is 2. The van der Waals surface area contributed by atoms with Gasteiger partial charge in [-0.15, -0.1) is 0 Å². The number of ether oxygens (including phenoxy) is 1. The lowest BCUT2D eigenvalue weighted by molar-refractivity contribution is -0.134. The van der Waals surface area contributed by atoms with Gasteiger partial charge >= 0.3 is 0 Å². The Morgan fingerprint density at radius 2 is 1.67 bits per heavy atom. The van der Waals surface area contributed by atoms with Crippen LogP contribution in [-0.2, 0) is 4.79 Å². The molecule has 2 aromatic rings. The van der Waals surface area contributed by atoms with Gasteiger partial charge in [-0.2, -0.15) is 5.26 Å². The van der Waals surface area contributed by atoms with Crippen molar-refractivity contribution in [3.8, 4) is 22.9 Å². The van der Waals surface area contributed by atoms with Crippen molar-refractivity contribution in [3.05, 3.63) is 54.1 Å². The SMILES string of the molecule is CN[C@H](C)C(=O)N1CCN(CCCOc2ccc(-c3ccc(C#N)cc3)cc2)CC1. The lowest BCUT2D eigenvalue weighted by Gasteiger charge is -2.35. The standard InChI is InChI=1S/C24H30N4O2/c1-19(26-2)24(29)28-15-13-27(14-16-28)12-3-17-30-23-10-8-22(9-11-23)21-6-4-20(18-25)5-7-21/h4-11,19,26H,3,12-17H2,1-2H3/t19-/m1/s1. The van der Waals surface area contributed by atoms with Gasteiger partial charge in [0.15, 0.2) is 0 Å². The van der Waals surface area contributed by atoms with Crippen molar-refractivity contribution in [2.45, 2.75) is 19.4 Å². The highest BCUT2D eigenvalue weighted by molar-refractivity contribution is 5.81. The second kappa shape index (κ2) is 10.8. The highest BCUT2D eigenvalue weighted by Crippen LogP contribution is 2.23. The summed E-state index contributed by atoms with van der Waals surface area (Å²) in [4.78, 5) is 16.6. The highest BCUT2D eigenvalue weighted by atomic mass is 16.5. The minimum absolute atomic E-state index is 0.117. The normalized spacial score (nSPS) is 15.4. The van der Waals surface area contributed by atoms with Gasteiger partial charge in [-0.1, -0.05) is 24.3 Å². The third-order valence-corrected chi connectivity index (χ3v) is 5.58. The number of rotatable bonds is 8. The molecule has 1 amide bonds. The molecule has 1 aliphatic rings. The second-order valence-corrected chi connectivity index (χ2v) is 7.59. The molecule has 6 nitrogen and oxygen atoms in total. The maximum atomic E-state index is 12.2. The van der Waals surface area contributed by atoms with E-state index < -0.39 is 0 Å². The summed E-state index contributed by atoms with van der Waals surface area (Å²) in [5.74, 6) is 1.05. The summed E-state index contributed by atoms with van der Waals surface area (Å²) < 4.78 is 5.89. The van der Waals surface area contributed by atoms with Gasteiger partial charge in [-0.25, -0.2) is 0 Å². The quantitative estimate of drug-likeness (QED) is 0.683. The van der Waals surface area contributed by atoms with Gasteiger partial charge in [0.05, 0.1) is 24.3 Å². The third-order valence-electron chi connectivity index (χ3n) is 5.58. The summed E-state index contributed by atoms with van der Waals surface area (Å²) in [6, 6.07) is 17.7. The molecule has 0 unspecified atom stereocenters. The van der Waals surface area contributed by atoms with E-state index in [1.54, 1.807) is 0 Å². The van der Waals surface area contributed by atoms with E-state index in [9.17, 15) is 4.79 Å². The molecule has 158 valence electrons. The van der Waals surface area contributed by atoms with Crippen molar-refractivity contribution < 1.29 is 9.53 Å². The van der Waals surface area contributed by atoms with Crippen molar-refractivity contribution >= 4 is 5.91 Å². The van der Waals surface area contributed by atoms with Crippen LogP contribution >= 0.6 is 0 Å². The zero-order valence-electron chi connectivity index (χ0n) is 17.8. The van der Waals surface area contributed by atoms with Crippen LogP contribution in [0.4, 0.5) is 0 Å². The molecule has 0 spiro atoms. The molecule has 1 atom stereocenters. The van der Waals surface area contributed by atoms with Crippen LogP contribution in [0.5, 0.6) is 5.75 Å². The summed E-state index contributed by atoms with van der Waals surface area (Å²) in [6.07, 6.45) is 0.957. The zero-order chi connectivity index (χ0) is 21.3. The Labute approximate surface area is 179 Å². The van der Waals surface area contributed by atoms with Crippen molar-refractivity contribution in [1.29, 1.82) is 5.26 Å². The minimum Gasteiger partial charge on any atom is -0.494 e. The molecule has 1 N–H and O–H groups in total. The van der Waals surface area contributed by atoms with Gasteiger partial charge < -0.3 is 15.0 Å². The van der Waals surface area contributed by atoms with Crippen LogP contribution in [0.1, 0.15) is 18.9 Å². The Morgan fingerprint density at radius 1 is 1.07 bits per heavy atom. The first-order valence-corrected chi connectivity index (χ1v) is 10.5. The molecule has 2 aromatic carbocycles. The third kappa shape index (κ3) is 5.82. The van der Waals surface area contributed by atoms with Crippen LogP contribution in [-0.4, -0.2) is 68.1 Å². The number of likely N-dealkylation sites (N-methyl/N-ethyl adjacent to an activating group) is 1. The van der Waals surface area contributed by atoms with Gasteiger partial charge in [0, 0.05) is 32.7 Å². The van der Waals surface area contributed by atoms with E-state index in [-0.39, 0.29) is 11.9 Å². The molecule has 0 saturated carbocycles. The fourth-order valence-electron chi connectivity index (χ4n) is 3.55. The number of carbonyl (C=O) groups excluding carboxylic acids is 1. The fraction of sp³-hybridized carbons (Fsp3) is 0.417. The second-order valence-electron chi connectivity index (χ2n) is 7.59. The molecule has 0 bridgehead atoms. The smallest absolute Gasteiger partial charge is 0.239 e. The van der Waals surface area contributed by atoms with E-state index in [4.69, 9.17) is 10.00 Å².